The first kappa shape index (κ1) is 22.3. The number of halogens is 3. The average Bonchev–Trinajstić information content (AvgIpc) is 3.23. The van der Waals surface area contributed by atoms with Crippen molar-refractivity contribution in [3.05, 3.63) is 47.8 Å². The summed E-state index contributed by atoms with van der Waals surface area (Å²) >= 11 is 0. The number of pyridine rings is 1. The number of carbonyl (C=O) groups is 1. The number of carbonyl (C=O) groups excluding carboxylic acids is 1. The molecule has 168 valence electrons. The van der Waals surface area contributed by atoms with Crippen molar-refractivity contribution in [3.8, 4) is 5.82 Å². The van der Waals surface area contributed by atoms with E-state index in [0.29, 0.717) is 16.4 Å². The molecule has 0 atom stereocenters. The van der Waals surface area contributed by atoms with Crippen LogP contribution in [0.3, 0.4) is 0 Å². The van der Waals surface area contributed by atoms with Gasteiger partial charge in [-0.05, 0) is 57.4 Å². The van der Waals surface area contributed by atoms with Crippen molar-refractivity contribution in [1.82, 2.24) is 14.8 Å². The first-order valence-corrected chi connectivity index (χ1v) is 9.84. The Morgan fingerprint density at radius 3 is 2.38 bits per heavy atom. The fourth-order valence-corrected chi connectivity index (χ4v) is 3.42. The third-order valence-electron chi connectivity index (χ3n) is 5.88. The highest BCUT2D eigenvalue weighted by Crippen LogP contribution is 2.37. The summed E-state index contributed by atoms with van der Waals surface area (Å²) in [7, 11) is 0.444. The van der Waals surface area contributed by atoms with E-state index in [-0.39, 0.29) is 11.4 Å². The number of alkyl halides is 3. The Morgan fingerprint density at radius 2 is 1.78 bits per heavy atom. The van der Waals surface area contributed by atoms with Crippen molar-refractivity contribution in [2.24, 2.45) is 0 Å². The van der Waals surface area contributed by atoms with Crippen molar-refractivity contribution in [2.75, 3.05) is 7.11 Å². The lowest BCUT2D eigenvalue weighted by Crippen LogP contribution is -2.41. The number of aromatic nitrogens is 3. The van der Waals surface area contributed by atoms with Crippen LogP contribution in [0.25, 0.3) is 16.7 Å². The number of benzene rings is 1. The van der Waals surface area contributed by atoms with Gasteiger partial charge in [-0.25, -0.2) is 14.5 Å². The molecule has 0 N–H and O–H groups in total. The normalized spacial score (nSPS) is 17.7. The second-order valence-corrected chi connectivity index (χ2v) is 8.52. The van der Waals surface area contributed by atoms with Gasteiger partial charge in [0.15, 0.2) is 5.82 Å². The molecule has 3 aromatic rings. The lowest BCUT2D eigenvalue weighted by Gasteiger charge is -2.32. The number of nitrogens with zero attached hydrogens (tertiary/aromatic N) is 3. The van der Waals surface area contributed by atoms with Crippen LogP contribution in [0.1, 0.15) is 43.7 Å². The van der Waals surface area contributed by atoms with Gasteiger partial charge in [-0.15, -0.1) is 0 Å². The summed E-state index contributed by atoms with van der Waals surface area (Å²) < 4.78 is 57.8. The minimum absolute atomic E-state index is 0.0447. The molecule has 0 radical (unpaired) electrons. The Morgan fingerprint density at radius 1 is 1.12 bits per heavy atom. The third-order valence-corrected chi connectivity index (χ3v) is 5.88. The lowest BCUT2D eigenvalue weighted by atomic mass is 9.77. The minimum Gasteiger partial charge on any atom is -0.465 e. The van der Waals surface area contributed by atoms with E-state index in [2.05, 4.69) is 10.1 Å². The van der Waals surface area contributed by atoms with Crippen LogP contribution in [0, 0.1) is 0 Å². The molecule has 4 rings (SSSR count). The molecule has 1 saturated heterocycles. The van der Waals surface area contributed by atoms with Gasteiger partial charge in [-0.2, -0.15) is 18.3 Å². The molecular weight excluding hydrogens is 426 g/mol. The van der Waals surface area contributed by atoms with Crippen molar-refractivity contribution in [2.45, 2.75) is 45.1 Å². The van der Waals surface area contributed by atoms with Gasteiger partial charge >= 0.3 is 19.3 Å². The van der Waals surface area contributed by atoms with Crippen molar-refractivity contribution < 1.29 is 32.0 Å². The van der Waals surface area contributed by atoms with E-state index in [1.165, 1.54) is 30.1 Å². The van der Waals surface area contributed by atoms with Gasteiger partial charge in [0, 0.05) is 5.39 Å². The molecule has 0 aliphatic carbocycles. The van der Waals surface area contributed by atoms with Crippen LogP contribution in [0.15, 0.2) is 36.5 Å². The largest absolute Gasteiger partial charge is 0.494 e. The fraction of sp³-hybridized carbons (Fsp3) is 0.381. The number of ether oxygens (including phenoxy) is 1. The van der Waals surface area contributed by atoms with E-state index in [0.717, 1.165) is 6.07 Å². The highest BCUT2D eigenvalue weighted by molar-refractivity contribution is 6.62. The first-order valence-electron chi connectivity index (χ1n) is 9.84. The lowest BCUT2D eigenvalue weighted by molar-refractivity contribution is -0.141. The zero-order valence-corrected chi connectivity index (χ0v) is 18.1. The Kier molecular flexibility index (Phi) is 5.09. The molecular formula is C21H21BF3N3O4. The molecule has 3 heterocycles. The van der Waals surface area contributed by atoms with E-state index >= 15 is 0 Å². The molecule has 11 heteroatoms. The number of methoxy groups -OCH3 is 1. The van der Waals surface area contributed by atoms with Gasteiger partial charge in [-0.1, -0.05) is 6.07 Å². The van der Waals surface area contributed by atoms with Crippen LogP contribution < -0.4 is 5.46 Å². The topological polar surface area (TPSA) is 75.5 Å². The zero-order valence-electron chi connectivity index (χ0n) is 18.1. The highest BCUT2D eigenvalue weighted by atomic mass is 19.4. The van der Waals surface area contributed by atoms with Crippen molar-refractivity contribution in [1.29, 1.82) is 0 Å². The van der Waals surface area contributed by atoms with Gasteiger partial charge in [-0.3, -0.25) is 0 Å². The molecule has 0 unspecified atom stereocenters. The molecule has 1 aromatic carbocycles. The Labute approximate surface area is 182 Å². The smallest absolute Gasteiger partial charge is 0.465 e. The average molecular weight is 447 g/mol. The standard InChI is InChI=1S/C21H21BF3N3O4/c1-19(2)20(3,4)32-22(31-19)12-9-13(18(29)30-5)14-11-26-28(15(14)10-12)17-8-6-7-16(27-17)21(23,24)25/h6-11H,1-5H3. The molecule has 1 aliphatic heterocycles. The van der Waals surface area contributed by atoms with Crippen LogP contribution in [0.5, 0.6) is 0 Å². The predicted octanol–water partition coefficient (Wildman–Crippen LogP) is 3.53. The number of hydrogen-bond donors (Lipinski definition) is 0. The number of rotatable bonds is 3. The predicted molar refractivity (Wildman–Crippen MR) is 111 cm³/mol. The van der Waals surface area contributed by atoms with E-state index < -0.39 is 36.2 Å². The highest BCUT2D eigenvalue weighted by Gasteiger charge is 2.52. The minimum atomic E-state index is -4.61. The Hall–Kier alpha value is -2.92. The van der Waals surface area contributed by atoms with Crippen LogP contribution in [0.4, 0.5) is 13.2 Å². The summed E-state index contributed by atoms with van der Waals surface area (Å²) in [5, 5.41) is 4.59. The summed E-state index contributed by atoms with van der Waals surface area (Å²) in [4.78, 5) is 16.2. The van der Waals surface area contributed by atoms with Crippen LogP contribution in [0.2, 0.25) is 0 Å². The zero-order chi connectivity index (χ0) is 23.5. The fourth-order valence-electron chi connectivity index (χ4n) is 3.42. The van der Waals surface area contributed by atoms with Crippen LogP contribution in [-0.4, -0.2) is 46.2 Å². The molecule has 1 fully saturated rings. The SMILES string of the molecule is COC(=O)c1cc(B2OC(C)(C)C(C)(C)O2)cc2c1cnn2-c1cccc(C(F)(F)F)n1. The maximum atomic E-state index is 13.2. The van der Waals surface area contributed by atoms with E-state index in [4.69, 9.17) is 14.0 Å². The third kappa shape index (κ3) is 3.65. The molecule has 0 bridgehead atoms. The molecule has 2 aromatic heterocycles. The summed E-state index contributed by atoms with van der Waals surface area (Å²) in [6.07, 6.45) is -3.22. The molecule has 0 saturated carbocycles. The van der Waals surface area contributed by atoms with Crippen LogP contribution in [-0.2, 0) is 20.2 Å². The van der Waals surface area contributed by atoms with Gasteiger partial charge in [0.05, 0.1) is 35.6 Å². The molecule has 32 heavy (non-hydrogen) atoms. The summed E-state index contributed by atoms with van der Waals surface area (Å²) in [6.45, 7) is 7.57. The second-order valence-electron chi connectivity index (χ2n) is 8.52. The maximum Gasteiger partial charge on any atom is 0.494 e. The van der Waals surface area contributed by atoms with E-state index in [9.17, 15) is 18.0 Å². The van der Waals surface area contributed by atoms with Crippen molar-refractivity contribution in [3.63, 3.8) is 0 Å². The monoisotopic (exact) mass is 447 g/mol. The summed E-state index contributed by atoms with van der Waals surface area (Å²) in [5.74, 6) is -0.665. The molecule has 0 amide bonds. The molecule has 1 aliphatic rings. The Balaban J connectivity index is 1.90. The Bertz CT molecular complexity index is 1190. The van der Waals surface area contributed by atoms with Gasteiger partial charge in [0.1, 0.15) is 5.69 Å². The number of hydrogen-bond acceptors (Lipinski definition) is 6. The molecule has 0 spiro atoms. The first-order chi connectivity index (χ1) is 14.8. The number of fused-ring (bicyclic) bond motifs is 1. The van der Waals surface area contributed by atoms with Gasteiger partial charge < -0.3 is 14.0 Å². The molecule has 7 nitrogen and oxygen atoms in total. The van der Waals surface area contributed by atoms with E-state index in [1.54, 1.807) is 12.1 Å². The summed E-state index contributed by atoms with van der Waals surface area (Å²) in [6, 6.07) is 6.78. The van der Waals surface area contributed by atoms with Gasteiger partial charge in [0.25, 0.3) is 0 Å². The van der Waals surface area contributed by atoms with E-state index in [1.807, 2.05) is 27.7 Å². The maximum absolute atomic E-state index is 13.2. The second kappa shape index (κ2) is 7.31. The van der Waals surface area contributed by atoms with Crippen molar-refractivity contribution >= 4 is 29.5 Å². The van der Waals surface area contributed by atoms with Crippen LogP contribution >= 0.6 is 0 Å². The quantitative estimate of drug-likeness (QED) is 0.452. The van der Waals surface area contributed by atoms with Gasteiger partial charge in [0.2, 0.25) is 0 Å². The summed E-state index contributed by atoms with van der Waals surface area (Å²) in [5.41, 5.74) is -1.24. The number of esters is 1.